The lowest BCUT2D eigenvalue weighted by Gasteiger charge is -2.12. The van der Waals surface area contributed by atoms with Crippen LogP contribution in [0.25, 0.3) is 0 Å². The molecule has 0 atom stereocenters. The molecule has 6 heteroatoms. The molecule has 0 fully saturated rings. The van der Waals surface area contributed by atoms with Crippen molar-refractivity contribution in [2.45, 2.75) is 13.8 Å². The summed E-state index contributed by atoms with van der Waals surface area (Å²) in [6.45, 7) is 4.58. The quantitative estimate of drug-likeness (QED) is 0.764. The van der Waals surface area contributed by atoms with E-state index in [2.05, 4.69) is 10.6 Å². The maximum absolute atomic E-state index is 11.7. The van der Waals surface area contributed by atoms with E-state index in [0.29, 0.717) is 13.2 Å². The van der Waals surface area contributed by atoms with Crippen molar-refractivity contribution in [1.29, 1.82) is 0 Å². The van der Waals surface area contributed by atoms with Gasteiger partial charge >= 0.3 is 0 Å². The Morgan fingerprint density at radius 2 is 1.83 bits per heavy atom. The number of ether oxygens (including phenoxy) is 1. The van der Waals surface area contributed by atoms with Gasteiger partial charge in [0.05, 0.1) is 19.4 Å². The Morgan fingerprint density at radius 1 is 1.09 bits per heavy atom. The molecule has 0 aliphatic carbocycles. The van der Waals surface area contributed by atoms with Crippen molar-refractivity contribution in [2.75, 3.05) is 19.7 Å². The summed E-state index contributed by atoms with van der Waals surface area (Å²) >= 11 is 0. The zero-order valence-corrected chi connectivity index (χ0v) is 13.2. The number of carbonyl (C=O) groups is 2. The second-order valence-corrected chi connectivity index (χ2v) is 5.08. The molecule has 0 saturated heterocycles. The summed E-state index contributed by atoms with van der Waals surface area (Å²) in [5.41, 5.74) is 2.11. The van der Waals surface area contributed by atoms with E-state index in [0.717, 1.165) is 16.9 Å². The zero-order chi connectivity index (χ0) is 16.7. The van der Waals surface area contributed by atoms with E-state index in [4.69, 9.17) is 9.15 Å². The molecule has 2 rings (SSSR count). The normalized spacial score (nSPS) is 10.2. The Bertz CT molecular complexity index is 645. The van der Waals surface area contributed by atoms with Gasteiger partial charge in [0.2, 0.25) is 5.91 Å². The average molecular weight is 316 g/mol. The van der Waals surface area contributed by atoms with Gasteiger partial charge in [0.25, 0.3) is 5.91 Å². The molecule has 0 unspecified atom stereocenters. The van der Waals surface area contributed by atoms with E-state index in [1.54, 1.807) is 6.07 Å². The molecule has 23 heavy (non-hydrogen) atoms. The zero-order valence-electron chi connectivity index (χ0n) is 13.2. The van der Waals surface area contributed by atoms with Gasteiger partial charge in [-0.1, -0.05) is 18.2 Å². The van der Waals surface area contributed by atoms with Crippen molar-refractivity contribution in [2.24, 2.45) is 0 Å². The SMILES string of the molecule is Cc1cccc(C)c1OCCNC(=O)CNC(=O)c1ccco1. The molecule has 2 N–H and O–H groups in total. The highest BCUT2D eigenvalue weighted by Gasteiger charge is 2.10. The molecule has 0 aliphatic heterocycles. The van der Waals surface area contributed by atoms with E-state index in [9.17, 15) is 9.59 Å². The highest BCUT2D eigenvalue weighted by atomic mass is 16.5. The Balaban J connectivity index is 1.66. The van der Waals surface area contributed by atoms with Crippen LogP contribution in [0.1, 0.15) is 21.7 Å². The molecule has 0 bridgehead atoms. The summed E-state index contributed by atoms with van der Waals surface area (Å²) in [7, 11) is 0. The van der Waals surface area contributed by atoms with E-state index in [1.807, 2.05) is 32.0 Å². The van der Waals surface area contributed by atoms with Crippen LogP contribution in [0.15, 0.2) is 41.0 Å². The van der Waals surface area contributed by atoms with Crippen LogP contribution in [0, 0.1) is 13.8 Å². The topological polar surface area (TPSA) is 80.6 Å². The fourth-order valence-corrected chi connectivity index (χ4v) is 2.09. The van der Waals surface area contributed by atoms with Crippen molar-refractivity contribution in [3.8, 4) is 5.75 Å². The van der Waals surface area contributed by atoms with Crippen molar-refractivity contribution in [3.05, 3.63) is 53.5 Å². The van der Waals surface area contributed by atoms with Crippen LogP contribution in [0.3, 0.4) is 0 Å². The Morgan fingerprint density at radius 3 is 2.48 bits per heavy atom. The van der Waals surface area contributed by atoms with Gasteiger partial charge in [0.1, 0.15) is 12.4 Å². The van der Waals surface area contributed by atoms with Crippen LogP contribution in [-0.2, 0) is 4.79 Å². The lowest BCUT2D eigenvalue weighted by atomic mass is 10.1. The van der Waals surface area contributed by atoms with Crippen LogP contribution in [0.4, 0.5) is 0 Å². The van der Waals surface area contributed by atoms with Crippen molar-refractivity contribution in [3.63, 3.8) is 0 Å². The monoisotopic (exact) mass is 316 g/mol. The third kappa shape index (κ3) is 4.88. The molecule has 6 nitrogen and oxygen atoms in total. The molecule has 0 saturated carbocycles. The first kappa shape index (κ1) is 16.6. The van der Waals surface area contributed by atoms with Crippen LogP contribution >= 0.6 is 0 Å². The third-order valence-corrected chi connectivity index (χ3v) is 3.23. The molecule has 122 valence electrons. The number of hydrogen-bond acceptors (Lipinski definition) is 4. The lowest BCUT2D eigenvalue weighted by molar-refractivity contribution is -0.120. The number of aryl methyl sites for hydroxylation is 2. The Hall–Kier alpha value is -2.76. The molecule has 1 aromatic heterocycles. The number of benzene rings is 1. The summed E-state index contributed by atoms with van der Waals surface area (Å²) in [6, 6.07) is 9.07. The molecule has 0 radical (unpaired) electrons. The lowest BCUT2D eigenvalue weighted by Crippen LogP contribution is -2.38. The number of carbonyl (C=O) groups excluding carboxylic acids is 2. The van der Waals surface area contributed by atoms with Crippen LogP contribution in [0.2, 0.25) is 0 Å². The van der Waals surface area contributed by atoms with E-state index in [1.165, 1.54) is 12.3 Å². The van der Waals surface area contributed by atoms with Gasteiger partial charge in [-0.25, -0.2) is 0 Å². The number of para-hydroxylation sites is 1. The Kier molecular flexibility index (Phi) is 5.80. The van der Waals surface area contributed by atoms with E-state index < -0.39 is 5.91 Å². The van der Waals surface area contributed by atoms with Gasteiger partial charge in [-0.15, -0.1) is 0 Å². The fraction of sp³-hybridized carbons (Fsp3) is 0.294. The van der Waals surface area contributed by atoms with Crippen molar-refractivity contribution < 1.29 is 18.7 Å². The number of amides is 2. The molecule has 0 aliphatic rings. The third-order valence-electron chi connectivity index (χ3n) is 3.23. The predicted octanol–water partition coefficient (Wildman–Crippen LogP) is 1.82. The molecule has 1 aromatic carbocycles. The molecular formula is C17H20N2O4. The maximum Gasteiger partial charge on any atom is 0.287 e. The smallest absolute Gasteiger partial charge is 0.287 e. The number of furan rings is 1. The highest BCUT2D eigenvalue weighted by Crippen LogP contribution is 2.21. The second kappa shape index (κ2) is 8.03. The summed E-state index contributed by atoms with van der Waals surface area (Å²) in [6.07, 6.45) is 1.40. The summed E-state index contributed by atoms with van der Waals surface area (Å²) in [5, 5.41) is 5.16. The molecule has 1 heterocycles. The summed E-state index contributed by atoms with van der Waals surface area (Å²) < 4.78 is 10.6. The predicted molar refractivity (Wildman–Crippen MR) is 85.5 cm³/mol. The van der Waals surface area contributed by atoms with Gasteiger partial charge < -0.3 is 19.8 Å². The average Bonchev–Trinajstić information content (AvgIpc) is 3.06. The molecule has 2 amide bonds. The minimum atomic E-state index is -0.420. The van der Waals surface area contributed by atoms with Gasteiger partial charge in [-0.2, -0.15) is 0 Å². The number of nitrogens with one attached hydrogen (secondary N) is 2. The van der Waals surface area contributed by atoms with Gasteiger partial charge in [-0.05, 0) is 37.1 Å². The first-order chi connectivity index (χ1) is 11.1. The Labute approximate surface area is 134 Å². The van der Waals surface area contributed by atoms with Crippen LogP contribution < -0.4 is 15.4 Å². The highest BCUT2D eigenvalue weighted by molar-refractivity contribution is 5.94. The van der Waals surface area contributed by atoms with E-state index in [-0.39, 0.29) is 18.2 Å². The molecular weight excluding hydrogens is 296 g/mol. The fourth-order valence-electron chi connectivity index (χ4n) is 2.09. The second-order valence-electron chi connectivity index (χ2n) is 5.08. The van der Waals surface area contributed by atoms with Gasteiger partial charge in [0.15, 0.2) is 5.76 Å². The summed E-state index contributed by atoms with van der Waals surface area (Å²) in [4.78, 5) is 23.2. The molecule has 0 spiro atoms. The van der Waals surface area contributed by atoms with Gasteiger partial charge in [-0.3, -0.25) is 9.59 Å². The molecule has 2 aromatic rings. The minimum Gasteiger partial charge on any atom is -0.491 e. The number of hydrogen-bond donors (Lipinski definition) is 2. The maximum atomic E-state index is 11.7. The first-order valence-electron chi connectivity index (χ1n) is 7.35. The summed E-state index contributed by atoms with van der Waals surface area (Å²) in [5.74, 6) is 0.316. The minimum absolute atomic E-state index is 0.108. The van der Waals surface area contributed by atoms with E-state index >= 15 is 0 Å². The van der Waals surface area contributed by atoms with Gasteiger partial charge in [0, 0.05) is 0 Å². The standard InChI is InChI=1S/C17H20N2O4/c1-12-5-3-6-13(2)16(12)23-10-8-18-15(20)11-19-17(21)14-7-4-9-22-14/h3-7,9H,8,10-11H2,1-2H3,(H,18,20)(H,19,21). The van der Waals surface area contributed by atoms with Crippen molar-refractivity contribution >= 4 is 11.8 Å². The van der Waals surface area contributed by atoms with Crippen molar-refractivity contribution in [1.82, 2.24) is 10.6 Å². The first-order valence-corrected chi connectivity index (χ1v) is 7.35. The van der Waals surface area contributed by atoms with Crippen LogP contribution in [0.5, 0.6) is 5.75 Å². The van der Waals surface area contributed by atoms with Crippen LogP contribution in [-0.4, -0.2) is 31.5 Å². The number of rotatable bonds is 7. The largest absolute Gasteiger partial charge is 0.491 e.